The molecule has 110 valence electrons. The van der Waals surface area contributed by atoms with Crippen molar-refractivity contribution in [3.8, 4) is 0 Å². The molecule has 1 aromatic heterocycles. The number of hydrogen-bond acceptors (Lipinski definition) is 2. The second kappa shape index (κ2) is 5.35. The summed E-state index contributed by atoms with van der Waals surface area (Å²) in [5, 5.41) is 0. The van der Waals surface area contributed by atoms with Crippen LogP contribution in [0.1, 0.15) is 41.1 Å². The van der Waals surface area contributed by atoms with Crippen molar-refractivity contribution in [1.29, 1.82) is 0 Å². The maximum absolute atomic E-state index is 12.9. The van der Waals surface area contributed by atoms with Crippen LogP contribution in [0.25, 0.3) is 0 Å². The van der Waals surface area contributed by atoms with Crippen LogP contribution in [0, 0.1) is 11.7 Å². The van der Waals surface area contributed by atoms with Gasteiger partial charge in [0.25, 0.3) is 5.91 Å². The predicted molar refractivity (Wildman–Crippen MR) is 77.4 cm³/mol. The zero-order chi connectivity index (χ0) is 15.0. The maximum atomic E-state index is 12.9. The molecule has 0 radical (unpaired) electrons. The zero-order valence-corrected chi connectivity index (χ0v) is 12.2. The molecule has 1 aliphatic carbocycles. The molecule has 0 bridgehead atoms. The van der Waals surface area contributed by atoms with Crippen molar-refractivity contribution >= 4 is 5.91 Å². The molecule has 3 rings (SSSR count). The highest BCUT2D eigenvalue weighted by Gasteiger charge is 2.36. The van der Waals surface area contributed by atoms with E-state index < -0.39 is 0 Å². The van der Waals surface area contributed by atoms with Gasteiger partial charge in [-0.2, -0.15) is 0 Å². The highest BCUT2D eigenvalue weighted by molar-refractivity contribution is 5.93. The minimum absolute atomic E-state index is 0.146. The highest BCUT2D eigenvalue weighted by atomic mass is 19.1. The molecular formula is C17H18FNO2. The van der Waals surface area contributed by atoms with Crippen molar-refractivity contribution in [3.63, 3.8) is 0 Å². The number of nitrogens with zero attached hydrogens (tertiary/aromatic N) is 1. The van der Waals surface area contributed by atoms with Crippen LogP contribution in [0.3, 0.4) is 0 Å². The van der Waals surface area contributed by atoms with Crippen molar-refractivity contribution in [2.75, 3.05) is 7.05 Å². The van der Waals surface area contributed by atoms with Crippen LogP contribution in [0.15, 0.2) is 40.8 Å². The Labute approximate surface area is 123 Å². The van der Waals surface area contributed by atoms with Crippen LogP contribution < -0.4 is 0 Å². The Kier molecular flexibility index (Phi) is 3.53. The van der Waals surface area contributed by atoms with Crippen molar-refractivity contribution in [2.45, 2.75) is 25.8 Å². The first-order valence-corrected chi connectivity index (χ1v) is 7.14. The Morgan fingerprint density at radius 3 is 2.57 bits per heavy atom. The Hall–Kier alpha value is -2.10. The van der Waals surface area contributed by atoms with Gasteiger partial charge in [0, 0.05) is 18.5 Å². The molecule has 2 aromatic rings. The number of carbonyl (C=O) groups is 1. The second-order valence-electron chi connectivity index (χ2n) is 5.79. The van der Waals surface area contributed by atoms with Crippen LogP contribution in [0.5, 0.6) is 0 Å². The third-order valence-corrected chi connectivity index (χ3v) is 3.99. The van der Waals surface area contributed by atoms with Gasteiger partial charge >= 0.3 is 0 Å². The minimum atomic E-state index is -0.344. The molecule has 2 unspecified atom stereocenters. The van der Waals surface area contributed by atoms with Gasteiger partial charge in [-0.1, -0.05) is 6.92 Å². The molecule has 1 aliphatic rings. The number of amides is 1. The Morgan fingerprint density at radius 1 is 1.29 bits per heavy atom. The average Bonchev–Trinajstić information content (AvgIpc) is 3.02. The molecule has 0 saturated heterocycles. The average molecular weight is 287 g/mol. The molecular weight excluding hydrogens is 269 g/mol. The number of furan rings is 1. The van der Waals surface area contributed by atoms with Crippen molar-refractivity contribution in [2.24, 2.45) is 5.92 Å². The van der Waals surface area contributed by atoms with E-state index in [1.54, 1.807) is 11.9 Å². The fourth-order valence-electron chi connectivity index (χ4n) is 2.52. The standard InChI is InChI=1S/C17H18FNO2/c1-11-9-15(11)16-8-7-14(21-16)10-19(2)17(20)12-3-5-13(18)6-4-12/h3-8,11,15H,9-10H2,1-2H3. The maximum Gasteiger partial charge on any atom is 0.254 e. The molecule has 4 heteroatoms. The lowest BCUT2D eigenvalue weighted by Gasteiger charge is -2.15. The lowest BCUT2D eigenvalue weighted by atomic mass is 10.2. The van der Waals surface area contributed by atoms with Gasteiger partial charge in [0.15, 0.2) is 0 Å². The predicted octanol–water partition coefficient (Wildman–Crippen LogP) is 3.81. The molecule has 3 nitrogen and oxygen atoms in total. The summed E-state index contributed by atoms with van der Waals surface area (Å²) in [6.45, 7) is 2.62. The van der Waals surface area contributed by atoms with Gasteiger partial charge in [-0.3, -0.25) is 4.79 Å². The first kappa shape index (κ1) is 13.9. The van der Waals surface area contributed by atoms with Gasteiger partial charge in [0.2, 0.25) is 0 Å². The first-order valence-electron chi connectivity index (χ1n) is 7.14. The van der Waals surface area contributed by atoms with E-state index in [1.807, 2.05) is 12.1 Å². The van der Waals surface area contributed by atoms with E-state index in [2.05, 4.69) is 6.92 Å². The lowest BCUT2D eigenvalue weighted by molar-refractivity contribution is 0.0775. The number of hydrogen-bond donors (Lipinski definition) is 0. The summed E-state index contributed by atoms with van der Waals surface area (Å²) in [4.78, 5) is 13.8. The minimum Gasteiger partial charge on any atom is -0.464 e. The van der Waals surface area contributed by atoms with E-state index in [4.69, 9.17) is 4.42 Å². The molecule has 0 N–H and O–H groups in total. The summed E-state index contributed by atoms with van der Waals surface area (Å²) in [6, 6.07) is 9.50. The van der Waals surface area contributed by atoms with E-state index in [-0.39, 0.29) is 11.7 Å². The normalized spacial score (nSPS) is 20.3. The molecule has 1 heterocycles. The largest absolute Gasteiger partial charge is 0.464 e. The van der Waals surface area contributed by atoms with Gasteiger partial charge in [-0.25, -0.2) is 4.39 Å². The van der Waals surface area contributed by atoms with Gasteiger partial charge < -0.3 is 9.32 Å². The molecule has 2 atom stereocenters. The number of benzene rings is 1. The molecule has 0 spiro atoms. The van der Waals surface area contributed by atoms with Crippen molar-refractivity contribution in [1.82, 2.24) is 4.90 Å². The third-order valence-electron chi connectivity index (χ3n) is 3.99. The summed E-state index contributed by atoms with van der Waals surface area (Å²) in [7, 11) is 1.72. The lowest BCUT2D eigenvalue weighted by Crippen LogP contribution is -2.25. The number of carbonyl (C=O) groups excluding carboxylic acids is 1. The van der Waals surface area contributed by atoms with Crippen molar-refractivity contribution < 1.29 is 13.6 Å². The van der Waals surface area contributed by atoms with Gasteiger partial charge in [-0.05, 0) is 48.7 Å². The van der Waals surface area contributed by atoms with Gasteiger partial charge in [-0.15, -0.1) is 0 Å². The van der Waals surface area contributed by atoms with Crippen LogP contribution >= 0.6 is 0 Å². The van der Waals surface area contributed by atoms with E-state index in [1.165, 1.54) is 30.7 Å². The smallest absolute Gasteiger partial charge is 0.254 e. The first-order chi connectivity index (χ1) is 10.0. The van der Waals surface area contributed by atoms with Crippen LogP contribution in [0.4, 0.5) is 4.39 Å². The summed E-state index contributed by atoms with van der Waals surface area (Å²) in [6.07, 6.45) is 1.18. The third kappa shape index (κ3) is 2.99. The van der Waals surface area contributed by atoms with Crippen LogP contribution in [0.2, 0.25) is 0 Å². The Balaban J connectivity index is 1.65. The van der Waals surface area contributed by atoms with Crippen LogP contribution in [-0.4, -0.2) is 17.9 Å². The zero-order valence-electron chi connectivity index (χ0n) is 12.2. The van der Waals surface area contributed by atoms with E-state index in [9.17, 15) is 9.18 Å². The molecule has 1 amide bonds. The van der Waals surface area contributed by atoms with Crippen molar-refractivity contribution in [3.05, 3.63) is 59.3 Å². The summed E-state index contributed by atoms with van der Waals surface area (Å²) >= 11 is 0. The highest BCUT2D eigenvalue weighted by Crippen LogP contribution is 2.47. The second-order valence-corrected chi connectivity index (χ2v) is 5.79. The molecule has 0 aliphatic heterocycles. The number of halogens is 1. The fraction of sp³-hybridized carbons (Fsp3) is 0.353. The summed E-state index contributed by atoms with van der Waals surface area (Å²) in [5.41, 5.74) is 0.474. The van der Waals surface area contributed by atoms with E-state index >= 15 is 0 Å². The summed E-state index contributed by atoms with van der Waals surface area (Å²) in [5.74, 6) is 2.54. The van der Waals surface area contributed by atoms with E-state index in [0.29, 0.717) is 23.9 Å². The molecule has 1 aromatic carbocycles. The molecule has 21 heavy (non-hydrogen) atoms. The quantitative estimate of drug-likeness (QED) is 0.856. The number of rotatable bonds is 4. The molecule has 1 saturated carbocycles. The summed E-state index contributed by atoms with van der Waals surface area (Å²) < 4.78 is 18.7. The monoisotopic (exact) mass is 287 g/mol. The topological polar surface area (TPSA) is 33.5 Å². The fourth-order valence-corrected chi connectivity index (χ4v) is 2.52. The Morgan fingerprint density at radius 2 is 1.95 bits per heavy atom. The van der Waals surface area contributed by atoms with E-state index in [0.717, 1.165) is 11.5 Å². The molecule has 1 fully saturated rings. The van der Waals surface area contributed by atoms with Gasteiger partial charge in [0.05, 0.1) is 6.54 Å². The van der Waals surface area contributed by atoms with Crippen LogP contribution in [-0.2, 0) is 6.54 Å². The Bertz CT molecular complexity index is 647. The van der Waals surface area contributed by atoms with Gasteiger partial charge in [0.1, 0.15) is 17.3 Å². The SMILES string of the molecule is CC1CC1c1ccc(CN(C)C(=O)c2ccc(F)cc2)o1.